The zero-order valence-electron chi connectivity index (χ0n) is 10.9. The van der Waals surface area contributed by atoms with Crippen LogP contribution in [-0.4, -0.2) is 36.9 Å². The Hall–Kier alpha value is -2.11. The van der Waals surface area contributed by atoms with E-state index in [4.69, 9.17) is 0 Å². The van der Waals surface area contributed by atoms with E-state index < -0.39 is 0 Å². The van der Waals surface area contributed by atoms with Crippen LogP contribution in [0.2, 0.25) is 0 Å². The predicted molar refractivity (Wildman–Crippen MR) is 71.9 cm³/mol. The smallest absolute Gasteiger partial charge is 0.269 e. The molecular formula is C13H18N4O2. The van der Waals surface area contributed by atoms with Crippen molar-refractivity contribution in [3.8, 4) is 0 Å². The zero-order valence-corrected chi connectivity index (χ0v) is 10.9. The minimum Gasteiger partial charge on any atom is -0.383 e. The van der Waals surface area contributed by atoms with Crippen molar-refractivity contribution in [1.29, 1.82) is 0 Å². The molecule has 0 aromatic carbocycles. The zero-order chi connectivity index (χ0) is 13.7. The molecule has 0 radical (unpaired) electrons. The van der Waals surface area contributed by atoms with Crippen molar-refractivity contribution in [2.45, 2.75) is 12.8 Å². The molecule has 6 heteroatoms. The van der Waals surface area contributed by atoms with Gasteiger partial charge in [0.1, 0.15) is 5.69 Å². The Kier molecular flexibility index (Phi) is 4.33. The number of hydrogen-bond donors (Lipinski definition) is 3. The highest BCUT2D eigenvalue weighted by molar-refractivity contribution is 5.92. The molecule has 1 fully saturated rings. The highest BCUT2D eigenvalue weighted by Crippen LogP contribution is 2.28. The van der Waals surface area contributed by atoms with Crippen molar-refractivity contribution in [3.05, 3.63) is 24.0 Å². The summed E-state index contributed by atoms with van der Waals surface area (Å²) in [5.41, 5.74) is 1.18. The lowest BCUT2D eigenvalue weighted by Crippen LogP contribution is -2.29. The third-order valence-corrected chi connectivity index (χ3v) is 2.92. The molecule has 1 aromatic rings. The van der Waals surface area contributed by atoms with Crippen LogP contribution in [0, 0.1) is 5.92 Å². The van der Waals surface area contributed by atoms with Gasteiger partial charge in [0.2, 0.25) is 5.91 Å². The quantitative estimate of drug-likeness (QED) is 0.647. The number of aromatic nitrogens is 1. The molecule has 6 nitrogen and oxygen atoms in total. The van der Waals surface area contributed by atoms with Crippen molar-refractivity contribution in [1.82, 2.24) is 15.6 Å². The highest BCUT2D eigenvalue weighted by atomic mass is 16.2. The van der Waals surface area contributed by atoms with Gasteiger partial charge in [-0.25, -0.2) is 0 Å². The summed E-state index contributed by atoms with van der Waals surface area (Å²) in [6, 6.07) is 3.47. The third-order valence-electron chi connectivity index (χ3n) is 2.92. The van der Waals surface area contributed by atoms with E-state index in [1.54, 1.807) is 25.4 Å². The fourth-order valence-electron chi connectivity index (χ4n) is 1.68. The Morgan fingerprint density at radius 3 is 2.84 bits per heavy atom. The van der Waals surface area contributed by atoms with Crippen LogP contribution in [0.25, 0.3) is 0 Å². The van der Waals surface area contributed by atoms with Gasteiger partial charge in [0.05, 0.1) is 0 Å². The lowest BCUT2D eigenvalue weighted by atomic mass is 10.3. The van der Waals surface area contributed by atoms with Gasteiger partial charge < -0.3 is 16.0 Å². The molecule has 0 bridgehead atoms. The number of pyridine rings is 1. The Morgan fingerprint density at radius 2 is 2.16 bits per heavy atom. The number of carbonyl (C=O) groups is 2. The molecule has 1 aliphatic rings. The van der Waals surface area contributed by atoms with Crippen molar-refractivity contribution in [2.75, 3.05) is 25.5 Å². The number of nitrogens with one attached hydrogen (secondary N) is 3. The predicted octanol–water partition coefficient (Wildman–Crippen LogP) is 0.379. The molecule has 1 heterocycles. The topological polar surface area (TPSA) is 83.1 Å². The minimum absolute atomic E-state index is 0.141. The summed E-state index contributed by atoms with van der Waals surface area (Å²) in [7, 11) is 1.57. The van der Waals surface area contributed by atoms with Gasteiger partial charge in [0.25, 0.3) is 5.91 Å². The highest BCUT2D eigenvalue weighted by Gasteiger charge is 2.28. The van der Waals surface area contributed by atoms with Gasteiger partial charge in [0.15, 0.2) is 0 Å². The number of amides is 2. The SMILES string of the molecule is CNC(=O)c1cc(NCCNC(=O)C2CC2)ccn1. The lowest BCUT2D eigenvalue weighted by Gasteiger charge is -2.08. The fourth-order valence-corrected chi connectivity index (χ4v) is 1.68. The summed E-state index contributed by atoms with van der Waals surface area (Å²) >= 11 is 0. The maximum Gasteiger partial charge on any atom is 0.269 e. The number of nitrogens with zero attached hydrogens (tertiary/aromatic N) is 1. The normalized spacial score (nSPS) is 13.7. The largest absolute Gasteiger partial charge is 0.383 e. The molecule has 0 unspecified atom stereocenters. The molecule has 102 valence electrons. The van der Waals surface area contributed by atoms with E-state index in [1.807, 2.05) is 0 Å². The molecular weight excluding hydrogens is 244 g/mol. The first kappa shape index (κ1) is 13.3. The maximum atomic E-state index is 11.4. The van der Waals surface area contributed by atoms with Crippen LogP contribution in [0.1, 0.15) is 23.3 Å². The van der Waals surface area contributed by atoms with Crippen LogP contribution in [-0.2, 0) is 4.79 Å². The molecule has 3 N–H and O–H groups in total. The first-order chi connectivity index (χ1) is 9.20. The van der Waals surface area contributed by atoms with E-state index in [9.17, 15) is 9.59 Å². The minimum atomic E-state index is -0.217. The van der Waals surface area contributed by atoms with Gasteiger partial charge >= 0.3 is 0 Å². The van der Waals surface area contributed by atoms with Crippen molar-refractivity contribution in [2.24, 2.45) is 5.92 Å². The van der Waals surface area contributed by atoms with Crippen LogP contribution < -0.4 is 16.0 Å². The lowest BCUT2D eigenvalue weighted by molar-refractivity contribution is -0.122. The van der Waals surface area contributed by atoms with E-state index in [-0.39, 0.29) is 17.7 Å². The number of anilines is 1. The van der Waals surface area contributed by atoms with Crippen LogP contribution in [0.3, 0.4) is 0 Å². The Bertz CT molecular complexity index is 471. The molecule has 0 saturated heterocycles. The summed E-state index contributed by atoms with van der Waals surface area (Å²) in [6.07, 6.45) is 3.61. The molecule has 0 aliphatic heterocycles. The molecule has 1 aromatic heterocycles. The third kappa shape index (κ3) is 3.94. The van der Waals surface area contributed by atoms with Gasteiger partial charge in [0, 0.05) is 37.9 Å². The van der Waals surface area contributed by atoms with Gasteiger partial charge in [-0.1, -0.05) is 0 Å². The van der Waals surface area contributed by atoms with Gasteiger partial charge in [-0.15, -0.1) is 0 Å². The van der Waals surface area contributed by atoms with E-state index in [2.05, 4.69) is 20.9 Å². The van der Waals surface area contributed by atoms with Crippen LogP contribution in [0.15, 0.2) is 18.3 Å². The summed E-state index contributed by atoms with van der Waals surface area (Å²) in [5.74, 6) is 0.161. The van der Waals surface area contributed by atoms with Gasteiger partial charge in [-0.3, -0.25) is 14.6 Å². The van der Waals surface area contributed by atoms with E-state index in [0.717, 1.165) is 18.5 Å². The summed E-state index contributed by atoms with van der Waals surface area (Å²) in [5, 5.41) is 8.53. The standard InChI is InChI=1S/C13H18N4O2/c1-14-13(19)11-8-10(4-5-16-11)15-6-7-17-12(18)9-2-3-9/h4-5,8-9H,2-3,6-7H2,1H3,(H,14,19)(H,15,16)(H,17,18). The molecule has 2 amide bonds. The second-order valence-corrected chi connectivity index (χ2v) is 4.50. The second-order valence-electron chi connectivity index (χ2n) is 4.50. The average Bonchev–Trinajstić information content (AvgIpc) is 3.27. The van der Waals surface area contributed by atoms with Crippen LogP contribution >= 0.6 is 0 Å². The van der Waals surface area contributed by atoms with E-state index >= 15 is 0 Å². The summed E-state index contributed by atoms with van der Waals surface area (Å²) < 4.78 is 0. The van der Waals surface area contributed by atoms with Gasteiger partial charge in [-0.2, -0.15) is 0 Å². The molecule has 1 saturated carbocycles. The van der Waals surface area contributed by atoms with Crippen molar-refractivity contribution >= 4 is 17.5 Å². The molecule has 0 atom stereocenters. The molecule has 19 heavy (non-hydrogen) atoms. The van der Waals surface area contributed by atoms with Crippen molar-refractivity contribution < 1.29 is 9.59 Å². The van der Waals surface area contributed by atoms with Crippen LogP contribution in [0.5, 0.6) is 0 Å². The van der Waals surface area contributed by atoms with Gasteiger partial charge in [-0.05, 0) is 25.0 Å². The number of rotatable bonds is 6. The summed E-state index contributed by atoms with van der Waals surface area (Å²) in [6.45, 7) is 1.20. The molecule has 0 spiro atoms. The number of carbonyl (C=O) groups excluding carboxylic acids is 2. The van der Waals surface area contributed by atoms with Crippen molar-refractivity contribution in [3.63, 3.8) is 0 Å². The summed E-state index contributed by atoms with van der Waals surface area (Å²) in [4.78, 5) is 26.8. The first-order valence-corrected chi connectivity index (χ1v) is 6.40. The van der Waals surface area contributed by atoms with Crippen LogP contribution in [0.4, 0.5) is 5.69 Å². The second kappa shape index (κ2) is 6.17. The van der Waals surface area contributed by atoms with E-state index in [1.165, 1.54) is 0 Å². The fraction of sp³-hybridized carbons (Fsp3) is 0.462. The Balaban J connectivity index is 1.75. The average molecular weight is 262 g/mol. The molecule has 1 aliphatic carbocycles. The monoisotopic (exact) mass is 262 g/mol. The maximum absolute atomic E-state index is 11.4. The number of hydrogen-bond acceptors (Lipinski definition) is 4. The Morgan fingerprint density at radius 1 is 1.37 bits per heavy atom. The molecule has 2 rings (SSSR count). The first-order valence-electron chi connectivity index (χ1n) is 6.40. The Labute approximate surface area is 112 Å². The van der Waals surface area contributed by atoms with E-state index in [0.29, 0.717) is 18.8 Å².